The molecule has 2 atom stereocenters. The number of carbonyl (C=O) groups is 4. The summed E-state index contributed by atoms with van der Waals surface area (Å²) in [5.41, 5.74) is 0.859. The van der Waals surface area contributed by atoms with Crippen molar-refractivity contribution < 1.29 is 43.1 Å². The third-order valence-electron chi connectivity index (χ3n) is 4.94. The zero-order valence-electron chi connectivity index (χ0n) is 19.3. The summed E-state index contributed by atoms with van der Waals surface area (Å²) in [6, 6.07) is 12.5. The average Bonchev–Trinajstić information content (AvgIpc) is 2.76. The number of nitrogens with one attached hydrogen (secondary N) is 2. The van der Waals surface area contributed by atoms with Crippen molar-refractivity contribution in [3.05, 3.63) is 48.5 Å². The van der Waals surface area contributed by atoms with Crippen LogP contribution in [0.3, 0.4) is 0 Å². The molecule has 0 fully saturated rings. The molecule has 0 radical (unpaired) electrons. The normalized spacial score (nSPS) is 14.3. The maximum atomic E-state index is 11.8. The first-order chi connectivity index (χ1) is 16.3. The molecule has 35 heavy (non-hydrogen) atoms. The minimum Gasteiger partial charge on any atom is -0.481 e. The van der Waals surface area contributed by atoms with Gasteiger partial charge in [0.15, 0.2) is 0 Å². The maximum absolute atomic E-state index is 11.8. The first kappa shape index (κ1) is 27.9. The molecule has 2 aromatic rings. The van der Waals surface area contributed by atoms with E-state index in [9.17, 15) is 28.8 Å². The van der Waals surface area contributed by atoms with E-state index in [2.05, 4.69) is 10.6 Å². The molecule has 0 spiro atoms. The van der Waals surface area contributed by atoms with Crippen LogP contribution in [0.1, 0.15) is 25.7 Å². The number of rotatable bonds is 12. The number of benzene rings is 2. The van der Waals surface area contributed by atoms with Crippen LogP contribution in [0, 0.1) is 0 Å². The van der Waals surface area contributed by atoms with Crippen molar-refractivity contribution in [1.82, 2.24) is 0 Å². The van der Waals surface area contributed by atoms with Gasteiger partial charge in [0.05, 0.1) is 12.8 Å². The molecule has 2 amide bonds. The highest BCUT2D eigenvalue weighted by atomic mass is 28.5. The summed E-state index contributed by atoms with van der Waals surface area (Å²) in [7, 11) is -7.11. The highest BCUT2D eigenvalue weighted by Crippen LogP contribution is 2.15. The van der Waals surface area contributed by atoms with Gasteiger partial charge in [-0.2, -0.15) is 0 Å². The SMILES string of the molecule is C[Si](O)(O[Si](C)(O)c1ccc(NC(=O)CCC(=O)O)cc1)c1ccc(NC(=O)CCC(=O)O)cc1. The summed E-state index contributed by atoms with van der Waals surface area (Å²) in [6.07, 6.45) is -0.883. The molecular weight excluding hydrogens is 492 g/mol. The predicted octanol–water partition coefficient (Wildman–Crippen LogP) is 0.553. The molecule has 0 heterocycles. The van der Waals surface area contributed by atoms with Crippen LogP contribution in [0.25, 0.3) is 0 Å². The Balaban J connectivity index is 2.02. The molecule has 0 aliphatic heterocycles. The summed E-state index contributed by atoms with van der Waals surface area (Å²) in [6.45, 7) is 3.01. The van der Waals surface area contributed by atoms with Crippen LogP contribution in [-0.2, 0) is 23.3 Å². The van der Waals surface area contributed by atoms with Crippen molar-refractivity contribution in [2.45, 2.75) is 38.8 Å². The quantitative estimate of drug-likeness (QED) is 0.218. The average molecular weight is 521 g/mol. The van der Waals surface area contributed by atoms with E-state index in [1.165, 1.54) is 13.1 Å². The van der Waals surface area contributed by atoms with Gasteiger partial charge in [0.2, 0.25) is 11.8 Å². The fourth-order valence-electron chi connectivity index (χ4n) is 3.12. The topological polar surface area (TPSA) is 182 Å². The largest absolute Gasteiger partial charge is 0.481 e. The van der Waals surface area contributed by atoms with E-state index in [0.717, 1.165) is 0 Å². The Labute approximate surface area is 203 Å². The Morgan fingerprint density at radius 1 is 0.657 bits per heavy atom. The lowest BCUT2D eigenvalue weighted by Gasteiger charge is -2.30. The minimum absolute atomic E-state index is 0.161. The molecule has 0 aromatic heterocycles. The zero-order chi connectivity index (χ0) is 26.2. The van der Waals surface area contributed by atoms with Gasteiger partial charge in [-0.25, -0.2) is 0 Å². The zero-order valence-corrected chi connectivity index (χ0v) is 21.3. The summed E-state index contributed by atoms with van der Waals surface area (Å²) in [4.78, 5) is 66.7. The molecule has 11 nitrogen and oxygen atoms in total. The van der Waals surface area contributed by atoms with Gasteiger partial charge < -0.3 is 34.6 Å². The van der Waals surface area contributed by atoms with Crippen LogP contribution in [0.15, 0.2) is 48.5 Å². The minimum atomic E-state index is -3.56. The molecule has 13 heteroatoms. The van der Waals surface area contributed by atoms with Crippen molar-refractivity contribution in [1.29, 1.82) is 0 Å². The molecule has 2 rings (SSSR count). The van der Waals surface area contributed by atoms with E-state index in [1.807, 2.05) is 0 Å². The smallest absolute Gasteiger partial charge is 0.358 e. The van der Waals surface area contributed by atoms with E-state index in [0.29, 0.717) is 21.7 Å². The highest BCUT2D eigenvalue weighted by molar-refractivity contribution is 6.91. The van der Waals surface area contributed by atoms with Crippen molar-refractivity contribution in [3.63, 3.8) is 0 Å². The van der Waals surface area contributed by atoms with Gasteiger partial charge in [0.25, 0.3) is 0 Å². The molecule has 0 aliphatic carbocycles. The van der Waals surface area contributed by atoms with Crippen LogP contribution in [0.5, 0.6) is 0 Å². The molecule has 0 saturated carbocycles. The van der Waals surface area contributed by atoms with Gasteiger partial charge in [-0.1, -0.05) is 24.3 Å². The van der Waals surface area contributed by atoms with E-state index in [1.54, 1.807) is 48.5 Å². The summed E-state index contributed by atoms with van der Waals surface area (Å²) in [5.74, 6) is -3.03. The fraction of sp³-hybridized carbons (Fsp3) is 0.273. The van der Waals surface area contributed by atoms with Crippen molar-refractivity contribution in [2.75, 3.05) is 10.6 Å². The van der Waals surface area contributed by atoms with E-state index in [4.69, 9.17) is 14.3 Å². The third-order valence-corrected chi connectivity index (χ3v) is 10.9. The van der Waals surface area contributed by atoms with E-state index < -0.39 is 40.9 Å². The predicted molar refractivity (Wildman–Crippen MR) is 132 cm³/mol. The monoisotopic (exact) mass is 520 g/mol. The molecular formula is C22H28N2O9Si2. The van der Waals surface area contributed by atoms with Crippen LogP contribution < -0.4 is 21.0 Å². The van der Waals surface area contributed by atoms with Gasteiger partial charge in [-0.05, 0) is 47.7 Å². The molecule has 0 bridgehead atoms. The van der Waals surface area contributed by atoms with Gasteiger partial charge in [0.1, 0.15) is 0 Å². The first-order valence-corrected chi connectivity index (χ1v) is 15.4. The number of hydrogen-bond acceptors (Lipinski definition) is 7. The van der Waals surface area contributed by atoms with E-state index >= 15 is 0 Å². The number of amides is 2. The summed E-state index contributed by atoms with van der Waals surface area (Å²) >= 11 is 0. The Kier molecular flexibility index (Phi) is 9.44. The number of carboxylic acid groups (broad SMARTS) is 2. The lowest BCUT2D eigenvalue weighted by molar-refractivity contribution is -0.138. The van der Waals surface area contributed by atoms with Crippen LogP contribution in [0.2, 0.25) is 13.1 Å². The van der Waals surface area contributed by atoms with Crippen LogP contribution in [-0.4, -0.2) is 60.7 Å². The number of hydrogen-bond donors (Lipinski definition) is 6. The first-order valence-electron chi connectivity index (χ1n) is 10.7. The molecule has 2 aromatic carbocycles. The Bertz CT molecular complexity index is 986. The van der Waals surface area contributed by atoms with E-state index in [-0.39, 0.29) is 25.7 Å². The molecule has 0 aliphatic rings. The molecule has 6 N–H and O–H groups in total. The Morgan fingerprint density at radius 3 is 1.26 bits per heavy atom. The van der Waals surface area contributed by atoms with Gasteiger partial charge in [-0.15, -0.1) is 0 Å². The Morgan fingerprint density at radius 2 is 0.971 bits per heavy atom. The highest BCUT2D eigenvalue weighted by Gasteiger charge is 2.41. The Hall–Kier alpha value is -3.37. The molecule has 2 unspecified atom stereocenters. The number of carboxylic acids is 2. The summed E-state index contributed by atoms with van der Waals surface area (Å²) < 4.78 is 5.85. The second-order valence-corrected chi connectivity index (χ2v) is 14.0. The fourth-order valence-corrected chi connectivity index (χ4v) is 8.73. The molecule has 0 saturated heterocycles. The maximum Gasteiger partial charge on any atom is 0.358 e. The van der Waals surface area contributed by atoms with Gasteiger partial charge >= 0.3 is 29.1 Å². The number of anilines is 2. The summed E-state index contributed by atoms with van der Waals surface area (Å²) in [5, 5.41) is 23.3. The third kappa shape index (κ3) is 9.07. The van der Waals surface area contributed by atoms with Crippen LogP contribution in [0.4, 0.5) is 11.4 Å². The number of carbonyl (C=O) groups excluding carboxylic acids is 2. The van der Waals surface area contributed by atoms with Crippen molar-refractivity contribution >= 4 is 62.6 Å². The van der Waals surface area contributed by atoms with Crippen molar-refractivity contribution in [2.24, 2.45) is 0 Å². The standard InChI is InChI=1S/C22H28N2O9Si2/c1-34(31,17-7-3-15(4-8-17)23-19(25)11-13-21(27)28)33-35(2,32)18-9-5-16(6-10-18)24-20(26)12-14-22(29)30/h3-10,31-32H,11-14H2,1-2H3,(H,23,25)(H,24,26)(H,27,28)(H,29,30). The van der Waals surface area contributed by atoms with Crippen LogP contribution >= 0.6 is 0 Å². The van der Waals surface area contributed by atoms with Crippen molar-refractivity contribution in [3.8, 4) is 0 Å². The number of aliphatic carboxylic acids is 2. The lowest BCUT2D eigenvalue weighted by atomic mass is 10.2. The van der Waals surface area contributed by atoms with Gasteiger partial charge in [-0.3, -0.25) is 19.2 Å². The molecule has 188 valence electrons. The second kappa shape index (κ2) is 11.9. The lowest BCUT2D eigenvalue weighted by Crippen LogP contribution is -2.61. The second-order valence-electron chi connectivity index (χ2n) is 8.11. The van der Waals surface area contributed by atoms with Gasteiger partial charge in [0, 0.05) is 24.2 Å².